The highest BCUT2D eigenvalue weighted by atomic mass is 32.1. The minimum Gasteiger partial charge on any atom is -0.486 e. The molecule has 2 atom stereocenters. The van der Waals surface area contributed by atoms with Crippen molar-refractivity contribution in [1.29, 1.82) is 0 Å². The maximum atomic E-state index is 12.6. The molecule has 2 aliphatic heterocycles. The number of hydrogen-bond donors (Lipinski definition) is 1. The lowest BCUT2D eigenvalue weighted by atomic mass is 10.1. The first kappa shape index (κ1) is 17.3. The highest BCUT2D eigenvalue weighted by Crippen LogP contribution is 2.30. The van der Waals surface area contributed by atoms with Crippen LogP contribution in [-0.2, 0) is 16.1 Å². The first-order valence-electron chi connectivity index (χ1n) is 8.56. The predicted octanol–water partition coefficient (Wildman–Crippen LogP) is 2.02. The molecule has 0 saturated carbocycles. The van der Waals surface area contributed by atoms with Gasteiger partial charge in [0.05, 0.1) is 36.6 Å². The maximum Gasteiger partial charge on any atom is 0.251 e. The lowest BCUT2D eigenvalue weighted by Gasteiger charge is -2.32. The van der Waals surface area contributed by atoms with Crippen LogP contribution < -0.4 is 14.8 Å². The highest BCUT2D eigenvalue weighted by Gasteiger charge is 2.29. The second-order valence-electron chi connectivity index (χ2n) is 6.13. The van der Waals surface area contributed by atoms with Gasteiger partial charge in [0.15, 0.2) is 11.5 Å². The topological polar surface area (TPSA) is 78.9 Å². The summed E-state index contributed by atoms with van der Waals surface area (Å²) in [6.07, 6.45) is 0.627. The number of nitrogens with zero attached hydrogens (tertiary/aromatic N) is 1. The Kier molecular flexibility index (Phi) is 5.33. The van der Waals surface area contributed by atoms with Crippen molar-refractivity contribution in [2.24, 2.45) is 0 Å². The molecule has 1 saturated heterocycles. The molecule has 1 N–H and O–H groups in total. The van der Waals surface area contributed by atoms with Crippen molar-refractivity contribution in [2.75, 3.05) is 26.4 Å². The smallest absolute Gasteiger partial charge is 0.251 e. The van der Waals surface area contributed by atoms with Crippen LogP contribution in [0.4, 0.5) is 0 Å². The van der Waals surface area contributed by atoms with Gasteiger partial charge in [-0.1, -0.05) is 0 Å². The van der Waals surface area contributed by atoms with Crippen molar-refractivity contribution in [3.63, 3.8) is 0 Å². The average molecular weight is 376 g/mol. The van der Waals surface area contributed by atoms with Gasteiger partial charge in [-0.25, -0.2) is 4.98 Å². The first-order valence-corrected chi connectivity index (χ1v) is 9.51. The molecule has 0 radical (unpaired) electrons. The molecular formula is C18H20N2O5S. The molecule has 1 aromatic carbocycles. The number of ether oxygens (including phenoxy) is 4. The molecule has 1 fully saturated rings. The van der Waals surface area contributed by atoms with Gasteiger partial charge in [0.2, 0.25) is 0 Å². The van der Waals surface area contributed by atoms with E-state index >= 15 is 0 Å². The Morgan fingerprint density at radius 3 is 3.00 bits per heavy atom. The van der Waals surface area contributed by atoms with Crippen molar-refractivity contribution in [2.45, 2.75) is 25.2 Å². The number of hydrogen-bond acceptors (Lipinski definition) is 7. The molecular weight excluding hydrogens is 356 g/mol. The van der Waals surface area contributed by atoms with Crippen LogP contribution >= 0.6 is 11.3 Å². The van der Waals surface area contributed by atoms with Gasteiger partial charge in [0, 0.05) is 17.6 Å². The Bertz CT molecular complexity index is 752. The van der Waals surface area contributed by atoms with E-state index in [0.717, 1.165) is 12.1 Å². The maximum absolute atomic E-state index is 12.6. The van der Waals surface area contributed by atoms with Crippen molar-refractivity contribution < 1.29 is 23.7 Å². The lowest BCUT2D eigenvalue weighted by Crippen LogP contribution is -2.50. The van der Waals surface area contributed by atoms with Crippen molar-refractivity contribution in [1.82, 2.24) is 10.3 Å². The van der Waals surface area contributed by atoms with Crippen LogP contribution in [0.2, 0.25) is 0 Å². The Labute approximate surface area is 155 Å². The molecule has 0 bridgehead atoms. The fourth-order valence-electron chi connectivity index (χ4n) is 2.99. The van der Waals surface area contributed by atoms with E-state index in [-0.39, 0.29) is 18.1 Å². The Morgan fingerprint density at radius 2 is 2.15 bits per heavy atom. The third kappa shape index (κ3) is 3.98. The average Bonchev–Trinajstić information content (AvgIpc) is 3.20. The summed E-state index contributed by atoms with van der Waals surface area (Å²) in [6, 6.07) is 5.00. The summed E-state index contributed by atoms with van der Waals surface area (Å²) in [5.74, 6) is 1.08. The molecule has 138 valence electrons. The summed E-state index contributed by atoms with van der Waals surface area (Å²) in [6.45, 7) is 2.50. The number of thiazole rings is 1. The van der Waals surface area contributed by atoms with Crippen molar-refractivity contribution in [3.05, 3.63) is 40.3 Å². The zero-order valence-corrected chi connectivity index (χ0v) is 15.0. The van der Waals surface area contributed by atoms with Gasteiger partial charge in [-0.2, -0.15) is 0 Å². The van der Waals surface area contributed by atoms with E-state index in [2.05, 4.69) is 10.3 Å². The van der Waals surface area contributed by atoms with Gasteiger partial charge in [-0.05, 0) is 24.6 Å². The van der Waals surface area contributed by atoms with Crippen LogP contribution in [0.3, 0.4) is 0 Å². The van der Waals surface area contributed by atoms with Crippen LogP contribution in [0.1, 0.15) is 22.5 Å². The number of carbonyl (C=O) groups is 1. The number of carbonyl (C=O) groups excluding carboxylic acids is 1. The Hall–Kier alpha value is -2.16. The molecule has 0 aliphatic carbocycles. The van der Waals surface area contributed by atoms with Gasteiger partial charge < -0.3 is 24.3 Å². The van der Waals surface area contributed by atoms with Gasteiger partial charge in [-0.3, -0.25) is 4.79 Å². The second-order valence-corrected chi connectivity index (χ2v) is 6.85. The largest absolute Gasteiger partial charge is 0.486 e. The first-order chi connectivity index (χ1) is 12.8. The van der Waals surface area contributed by atoms with Crippen molar-refractivity contribution >= 4 is 17.2 Å². The van der Waals surface area contributed by atoms with Gasteiger partial charge in [0.25, 0.3) is 5.91 Å². The molecule has 8 heteroatoms. The summed E-state index contributed by atoms with van der Waals surface area (Å²) < 4.78 is 22.5. The van der Waals surface area contributed by atoms with Gasteiger partial charge in [0.1, 0.15) is 13.2 Å². The molecule has 1 aromatic heterocycles. The normalized spacial score (nSPS) is 22.0. The van der Waals surface area contributed by atoms with Crippen LogP contribution in [0.25, 0.3) is 0 Å². The highest BCUT2D eigenvalue weighted by molar-refractivity contribution is 7.07. The molecule has 0 spiro atoms. The number of amides is 1. The number of fused-ring (bicyclic) bond motifs is 1. The molecule has 0 unspecified atom stereocenters. The number of nitrogens with one attached hydrogen (secondary N) is 1. The zero-order chi connectivity index (χ0) is 17.8. The Morgan fingerprint density at radius 1 is 1.27 bits per heavy atom. The molecule has 1 amide bonds. The van der Waals surface area contributed by atoms with Gasteiger partial charge >= 0.3 is 0 Å². The molecule has 2 aromatic rings. The molecule has 4 rings (SSSR count). The van der Waals surface area contributed by atoms with Crippen LogP contribution in [0, 0.1) is 0 Å². The third-order valence-electron chi connectivity index (χ3n) is 4.34. The SMILES string of the molecule is O=C(N[C@@H]1COCC[C@@H]1OCc1cscn1)c1ccc2c(c1)OCCO2. The van der Waals surface area contributed by atoms with E-state index in [0.29, 0.717) is 50.1 Å². The third-order valence-corrected chi connectivity index (χ3v) is 4.98. The monoisotopic (exact) mass is 376 g/mol. The fraction of sp³-hybridized carbons (Fsp3) is 0.444. The quantitative estimate of drug-likeness (QED) is 0.860. The Balaban J connectivity index is 1.39. The number of aromatic nitrogens is 1. The molecule has 3 heterocycles. The van der Waals surface area contributed by atoms with E-state index < -0.39 is 0 Å². The summed E-state index contributed by atoms with van der Waals surface area (Å²) in [5, 5.41) is 4.98. The number of rotatable bonds is 5. The van der Waals surface area contributed by atoms with Crippen LogP contribution in [0.15, 0.2) is 29.1 Å². The van der Waals surface area contributed by atoms with Gasteiger partial charge in [-0.15, -0.1) is 11.3 Å². The van der Waals surface area contributed by atoms with E-state index in [1.54, 1.807) is 23.7 Å². The standard InChI is InChI=1S/C18H20N2O5S/c21-18(12-1-2-16-17(7-12)24-6-5-23-16)20-14-9-22-4-3-15(14)25-8-13-10-26-11-19-13/h1-2,7,10-11,14-15H,3-6,8-9H2,(H,20,21)/t14-,15+/m1/s1. The predicted molar refractivity (Wildman–Crippen MR) is 94.8 cm³/mol. The fourth-order valence-corrected chi connectivity index (χ4v) is 3.53. The van der Waals surface area contributed by atoms with Crippen molar-refractivity contribution in [3.8, 4) is 11.5 Å². The molecule has 26 heavy (non-hydrogen) atoms. The lowest BCUT2D eigenvalue weighted by molar-refractivity contribution is -0.0611. The minimum atomic E-state index is -0.205. The van der Waals surface area contributed by atoms with Crippen LogP contribution in [-0.4, -0.2) is 49.5 Å². The van der Waals surface area contributed by atoms with E-state index in [9.17, 15) is 4.79 Å². The molecule has 2 aliphatic rings. The van der Waals surface area contributed by atoms with E-state index in [1.807, 2.05) is 5.38 Å². The minimum absolute atomic E-state index is 0.105. The van der Waals surface area contributed by atoms with Crippen LogP contribution in [0.5, 0.6) is 11.5 Å². The molecule has 7 nitrogen and oxygen atoms in total. The van der Waals surface area contributed by atoms with E-state index in [4.69, 9.17) is 18.9 Å². The summed E-state index contributed by atoms with van der Waals surface area (Å²) in [7, 11) is 0. The summed E-state index contributed by atoms with van der Waals surface area (Å²) in [5.41, 5.74) is 3.21. The number of benzene rings is 1. The zero-order valence-electron chi connectivity index (χ0n) is 14.2. The summed E-state index contributed by atoms with van der Waals surface area (Å²) in [4.78, 5) is 16.9. The van der Waals surface area contributed by atoms with E-state index in [1.165, 1.54) is 11.3 Å². The second kappa shape index (κ2) is 8.03. The summed E-state index contributed by atoms with van der Waals surface area (Å²) >= 11 is 1.54.